The zero-order valence-electron chi connectivity index (χ0n) is 16.4. The maximum atomic E-state index is 13.3. The Morgan fingerprint density at radius 3 is 2.36 bits per heavy atom. The van der Waals surface area contributed by atoms with Crippen LogP contribution < -0.4 is 0 Å². The Bertz CT molecular complexity index is 904. The van der Waals surface area contributed by atoms with Gasteiger partial charge in [0.05, 0.1) is 0 Å². The fourth-order valence-electron chi connectivity index (χ4n) is 4.87. The Balaban J connectivity index is 1.78. The number of carbonyl (C=O) groups is 2. The summed E-state index contributed by atoms with van der Waals surface area (Å²) in [6, 6.07) is 10.3. The zero-order valence-corrected chi connectivity index (χ0v) is 16.4. The highest BCUT2D eigenvalue weighted by atomic mass is 19.1. The maximum absolute atomic E-state index is 13.3. The van der Waals surface area contributed by atoms with Crippen molar-refractivity contribution in [2.45, 2.75) is 63.9 Å². The van der Waals surface area contributed by atoms with Gasteiger partial charge in [0.1, 0.15) is 17.3 Å². The molecule has 2 aliphatic rings. The van der Waals surface area contributed by atoms with Crippen LogP contribution in [0.15, 0.2) is 36.4 Å². The van der Waals surface area contributed by atoms with Gasteiger partial charge in [0.15, 0.2) is 5.78 Å². The first kappa shape index (κ1) is 18.9. The van der Waals surface area contributed by atoms with Crippen LogP contribution in [0.25, 0.3) is 11.1 Å². The lowest BCUT2D eigenvalue weighted by Gasteiger charge is -2.36. The lowest BCUT2D eigenvalue weighted by Crippen LogP contribution is -2.45. The summed E-state index contributed by atoms with van der Waals surface area (Å²) in [6.45, 7) is 3.96. The van der Waals surface area contributed by atoms with Crippen molar-refractivity contribution in [1.29, 1.82) is 0 Å². The van der Waals surface area contributed by atoms with Crippen LogP contribution in [0.2, 0.25) is 0 Å². The summed E-state index contributed by atoms with van der Waals surface area (Å²) in [6.07, 6.45) is 4.61. The Morgan fingerprint density at radius 1 is 1.07 bits per heavy atom. The summed E-state index contributed by atoms with van der Waals surface area (Å²) < 4.78 is 19.2. The van der Waals surface area contributed by atoms with Crippen LogP contribution in [-0.2, 0) is 20.7 Å². The molecular formula is C24H25FO3. The molecule has 1 heterocycles. The first-order chi connectivity index (χ1) is 13.4. The van der Waals surface area contributed by atoms with Crippen LogP contribution in [0.5, 0.6) is 0 Å². The van der Waals surface area contributed by atoms with Crippen molar-refractivity contribution in [2.75, 3.05) is 0 Å². The fourth-order valence-corrected chi connectivity index (χ4v) is 4.87. The first-order valence-electron chi connectivity index (χ1n) is 10.1. The minimum Gasteiger partial charge on any atom is -0.458 e. The molecule has 2 fully saturated rings. The summed E-state index contributed by atoms with van der Waals surface area (Å²) in [5.41, 5.74) is 3.86. The molecule has 0 aromatic heterocycles. The molecule has 1 spiro atoms. The lowest BCUT2D eigenvalue weighted by molar-refractivity contribution is -0.172. The molecule has 0 radical (unpaired) electrons. The smallest absolute Gasteiger partial charge is 0.321 e. The second-order valence-electron chi connectivity index (χ2n) is 8.06. The molecule has 0 N–H and O–H groups in total. The number of hydrogen-bond donors (Lipinski definition) is 0. The van der Waals surface area contributed by atoms with Crippen LogP contribution in [0.1, 0.15) is 61.6 Å². The molecule has 1 aliphatic heterocycles. The van der Waals surface area contributed by atoms with Crippen LogP contribution in [0, 0.1) is 12.7 Å². The van der Waals surface area contributed by atoms with Gasteiger partial charge in [-0.15, -0.1) is 0 Å². The van der Waals surface area contributed by atoms with Crippen molar-refractivity contribution in [3.63, 3.8) is 0 Å². The van der Waals surface area contributed by atoms with Crippen molar-refractivity contribution in [1.82, 2.24) is 0 Å². The number of esters is 1. The van der Waals surface area contributed by atoms with Crippen molar-refractivity contribution in [3.05, 3.63) is 58.9 Å². The molecule has 1 saturated carbocycles. The van der Waals surface area contributed by atoms with E-state index in [9.17, 15) is 14.0 Å². The van der Waals surface area contributed by atoms with Crippen LogP contribution in [0.4, 0.5) is 4.39 Å². The quantitative estimate of drug-likeness (QED) is 0.538. The van der Waals surface area contributed by atoms with E-state index in [4.69, 9.17) is 4.74 Å². The van der Waals surface area contributed by atoms with E-state index in [1.807, 2.05) is 26.0 Å². The molecule has 1 atom stereocenters. The van der Waals surface area contributed by atoms with E-state index < -0.39 is 17.5 Å². The zero-order chi connectivity index (χ0) is 19.9. The molecule has 146 valence electrons. The van der Waals surface area contributed by atoms with E-state index in [2.05, 4.69) is 0 Å². The van der Waals surface area contributed by atoms with E-state index in [0.717, 1.165) is 59.9 Å². The molecule has 3 nitrogen and oxygen atoms in total. The molecule has 28 heavy (non-hydrogen) atoms. The van der Waals surface area contributed by atoms with E-state index in [-0.39, 0.29) is 11.6 Å². The number of halogens is 1. The third-order valence-corrected chi connectivity index (χ3v) is 6.32. The first-order valence-corrected chi connectivity index (χ1v) is 10.1. The molecule has 1 saturated heterocycles. The predicted molar refractivity (Wildman–Crippen MR) is 106 cm³/mol. The lowest BCUT2D eigenvalue weighted by atomic mass is 9.78. The molecule has 1 aliphatic carbocycles. The predicted octanol–water partition coefficient (Wildman–Crippen LogP) is 5.28. The van der Waals surface area contributed by atoms with E-state index >= 15 is 0 Å². The van der Waals surface area contributed by atoms with Crippen molar-refractivity contribution in [2.24, 2.45) is 0 Å². The standard InChI is InChI=1S/C24H25FO3/c1-3-16-8-11-19(17-6-9-18(25)10-7-17)15(2)21(16)22-20(26)14-24(28-23(22)27)12-4-5-13-24/h6-11,22H,3-5,12-14H2,1-2H3. The minimum absolute atomic E-state index is 0.0350. The summed E-state index contributed by atoms with van der Waals surface area (Å²) in [5, 5.41) is 0. The minimum atomic E-state index is -0.860. The number of benzene rings is 2. The maximum Gasteiger partial charge on any atom is 0.321 e. The van der Waals surface area contributed by atoms with Gasteiger partial charge in [-0.1, -0.05) is 31.2 Å². The average molecular weight is 380 g/mol. The number of rotatable bonds is 3. The molecule has 2 aromatic carbocycles. The van der Waals surface area contributed by atoms with E-state index in [1.54, 1.807) is 12.1 Å². The Kier molecular flexibility index (Phi) is 4.82. The van der Waals surface area contributed by atoms with Crippen molar-refractivity contribution < 1.29 is 18.7 Å². The second-order valence-corrected chi connectivity index (χ2v) is 8.06. The third-order valence-electron chi connectivity index (χ3n) is 6.32. The second kappa shape index (κ2) is 7.16. The van der Waals surface area contributed by atoms with E-state index in [1.165, 1.54) is 12.1 Å². The van der Waals surface area contributed by atoms with Crippen molar-refractivity contribution >= 4 is 11.8 Å². The van der Waals surface area contributed by atoms with Gasteiger partial charge in [-0.05, 0) is 79.0 Å². The molecule has 2 aromatic rings. The molecule has 0 amide bonds. The highest BCUT2D eigenvalue weighted by Gasteiger charge is 2.49. The highest BCUT2D eigenvalue weighted by Crippen LogP contribution is 2.44. The van der Waals surface area contributed by atoms with E-state index in [0.29, 0.717) is 6.42 Å². The SMILES string of the molecule is CCc1ccc(-c2ccc(F)cc2)c(C)c1C1C(=O)CC2(CCCC2)OC1=O. The molecule has 0 bridgehead atoms. The monoisotopic (exact) mass is 380 g/mol. The van der Waals surface area contributed by atoms with Gasteiger partial charge in [-0.2, -0.15) is 0 Å². The largest absolute Gasteiger partial charge is 0.458 e. The van der Waals surface area contributed by atoms with Gasteiger partial charge in [0, 0.05) is 6.42 Å². The fraction of sp³-hybridized carbons (Fsp3) is 0.417. The summed E-state index contributed by atoms with van der Waals surface area (Å²) in [5.74, 6) is -1.60. The summed E-state index contributed by atoms with van der Waals surface area (Å²) >= 11 is 0. The van der Waals surface area contributed by atoms with Crippen LogP contribution in [0.3, 0.4) is 0 Å². The summed E-state index contributed by atoms with van der Waals surface area (Å²) in [7, 11) is 0. The molecule has 4 heteroatoms. The van der Waals surface area contributed by atoms with Gasteiger partial charge in [0.2, 0.25) is 0 Å². The third kappa shape index (κ3) is 3.15. The molecule has 1 unspecified atom stereocenters. The van der Waals surface area contributed by atoms with Crippen LogP contribution in [-0.4, -0.2) is 17.4 Å². The van der Waals surface area contributed by atoms with Gasteiger partial charge < -0.3 is 4.74 Å². The Labute approximate surface area is 164 Å². The number of ether oxygens (including phenoxy) is 1. The number of hydrogen-bond acceptors (Lipinski definition) is 3. The van der Waals surface area contributed by atoms with Crippen molar-refractivity contribution in [3.8, 4) is 11.1 Å². The number of Topliss-reactive ketones (excluding diaryl/α,β-unsaturated/α-hetero) is 1. The molecular weight excluding hydrogens is 355 g/mol. The highest BCUT2D eigenvalue weighted by molar-refractivity contribution is 6.07. The van der Waals surface area contributed by atoms with Gasteiger partial charge in [-0.25, -0.2) is 4.39 Å². The molecule has 4 rings (SSSR count). The van der Waals surface area contributed by atoms with Crippen LogP contribution >= 0.6 is 0 Å². The van der Waals surface area contributed by atoms with Gasteiger partial charge in [-0.3, -0.25) is 9.59 Å². The Morgan fingerprint density at radius 2 is 1.75 bits per heavy atom. The number of ketones is 1. The van der Waals surface area contributed by atoms with Gasteiger partial charge in [0.25, 0.3) is 0 Å². The number of carbonyl (C=O) groups excluding carboxylic acids is 2. The average Bonchev–Trinajstić information content (AvgIpc) is 3.10. The summed E-state index contributed by atoms with van der Waals surface area (Å²) in [4.78, 5) is 26.1. The normalized spacial score (nSPS) is 21.2. The van der Waals surface area contributed by atoms with Gasteiger partial charge >= 0.3 is 5.97 Å². The topological polar surface area (TPSA) is 43.4 Å². The number of aryl methyl sites for hydroxylation is 1. The Hall–Kier alpha value is -2.49.